The molecule has 0 bridgehead atoms. The Morgan fingerprint density at radius 2 is 2.00 bits per heavy atom. The van der Waals surface area contributed by atoms with Crippen LogP contribution in [0, 0.1) is 6.92 Å². The van der Waals surface area contributed by atoms with Gasteiger partial charge in [-0.3, -0.25) is 9.48 Å². The van der Waals surface area contributed by atoms with Crippen LogP contribution in [-0.4, -0.2) is 15.6 Å². The lowest BCUT2D eigenvalue weighted by molar-refractivity contribution is -0.118. The van der Waals surface area contributed by atoms with Crippen LogP contribution in [0.1, 0.15) is 23.4 Å². The fourth-order valence-corrected chi connectivity index (χ4v) is 2.09. The predicted molar refractivity (Wildman–Crippen MR) is 75.8 cm³/mol. The highest BCUT2D eigenvalue weighted by atomic mass is 16.1. The van der Waals surface area contributed by atoms with Crippen LogP contribution >= 0.6 is 0 Å². The van der Waals surface area contributed by atoms with E-state index in [9.17, 15) is 4.79 Å². The fraction of sp³-hybridized carbons (Fsp3) is 0.333. The zero-order chi connectivity index (χ0) is 13.8. The Hall–Kier alpha value is -2.10. The minimum absolute atomic E-state index is 0.236. The number of nitrogens with two attached hydrogens (primary N) is 1. The number of benzene rings is 1. The van der Waals surface area contributed by atoms with Gasteiger partial charge in [-0.05, 0) is 37.1 Å². The summed E-state index contributed by atoms with van der Waals surface area (Å²) < 4.78 is 1.77. The summed E-state index contributed by atoms with van der Waals surface area (Å²) in [5, 5.41) is 4.24. The van der Waals surface area contributed by atoms with Crippen molar-refractivity contribution in [3.05, 3.63) is 47.3 Å². The summed E-state index contributed by atoms with van der Waals surface area (Å²) in [7, 11) is 1.87. The molecule has 0 fully saturated rings. The molecule has 2 N–H and O–H groups in total. The van der Waals surface area contributed by atoms with E-state index < -0.39 is 0 Å². The van der Waals surface area contributed by atoms with Gasteiger partial charge in [-0.15, -0.1) is 0 Å². The molecule has 0 aliphatic rings. The first kappa shape index (κ1) is 13.3. The van der Waals surface area contributed by atoms with Gasteiger partial charge in [-0.1, -0.05) is 12.1 Å². The zero-order valence-corrected chi connectivity index (χ0v) is 11.4. The second-order valence-electron chi connectivity index (χ2n) is 4.86. The molecule has 1 aromatic carbocycles. The number of aryl methyl sites for hydroxylation is 3. The number of rotatable bonds is 5. The molecule has 4 nitrogen and oxygen atoms in total. The van der Waals surface area contributed by atoms with Crippen LogP contribution < -0.4 is 5.73 Å². The van der Waals surface area contributed by atoms with Crippen LogP contribution in [0.4, 0.5) is 5.69 Å². The number of nitrogen functional groups attached to an aromatic ring is 1. The smallest absolute Gasteiger partial charge is 0.139 e. The minimum Gasteiger partial charge on any atom is -0.399 e. The van der Waals surface area contributed by atoms with Crippen molar-refractivity contribution in [1.29, 1.82) is 0 Å². The van der Waals surface area contributed by atoms with Crippen LogP contribution in [0.25, 0.3) is 0 Å². The van der Waals surface area contributed by atoms with Gasteiger partial charge < -0.3 is 5.73 Å². The molecule has 0 aliphatic carbocycles. The number of hydrogen-bond acceptors (Lipinski definition) is 3. The predicted octanol–water partition coefficient (Wildman–Crippen LogP) is 2.06. The lowest BCUT2D eigenvalue weighted by Crippen LogP contribution is -2.08. The monoisotopic (exact) mass is 257 g/mol. The molecule has 1 heterocycles. The van der Waals surface area contributed by atoms with Crippen molar-refractivity contribution >= 4 is 11.5 Å². The maximum atomic E-state index is 11.9. The second kappa shape index (κ2) is 5.69. The van der Waals surface area contributed by atoms with Crippen LogP contribution in [0.5, 0.6) is 0 Å². The summed E-state index contributed by atoms with van der Waals surface area (Å²) >= 11 is 0. The number of carbonyl (C=O) groups excluding carboxylic acids is 1. The topological polar surface area (TPSA) is 60.9 Å². The van der Waals surface area contributed by atoms with Crippen LogP contribution in [-0.2, 0) is 24.7 Å². The largest absolute Gasteiger partial charge is 0.399 e. The summed E-state index contributed by atoms with van der Waals surface area (Å²) in [6, 6.07) is 9.63. The van der Waals surface area contributed by atoms with E-state index >= 15 is 0 Å². The molecular weight excluding hydrogens is 238 g/mol. The molecule has 0 amide bonds. The van der Waals surface area contributed by atoms with Crippen LogP contribution in [0.3, 0.4) is 0 Å². The summed E-state index contributed by atoms with van der Waals surface area (Å²) in [6.07, 6.45) is 1.76. The Balaban J connectivity index is 1.88. The normalized spacial score (nSPS) is 10.6. The van der Waals surface area contributed by atoms with E-state index in [1.165, 1.54) is 0 Å². The number of anilines is 1. The zero-order valence-electron chi connectivity index (χ0n) is 11.4. The van der Waals surface area contributed by atoms with Gasteiger partial charge in [0.15, 0.2) is 0 Å². The highest BCUT2D eigenvalue weighted by Crippen LogP contribution is 2.10. The van der Waals surface area contributed by atoms with E-state index in [1.807, 2.05) is 44.3 Å². The second-order valence-corrected chi connectivity index (χ2v) is 4.86. The maximum Gasteiger partial charge on any atom is 0.139 e. The van der Waals surface area contributed by atoms with E-state index in [4.69, 9.17) is 5.73 Å². The Labute approximate surface area is 113 Å². The fourth-order valence-electron chi connectivity index (χ4n) is 2.09. The number of Topliss-reactive ketones (excluding diaryl/α,β-unsaturated/α-hetero) is 1. The summed E-state index contributed by atoms with van der Waals surface area (Å²) in [6.45, 7) is 1.93. The van der Waals surface area contributed by atoms with Crippen molar-refractivity contribution in [2.45, 2.75) is 26.2 Å². The molecule has 1 aromatic heterocycles. The number of aromatic nitrogens is 2. The molecule has 19 heavy (non-hydrogen) atoms. The molecule has 2 aromatic rings. The van der Waals surface area contributed by atoms with Gasteiger partial charge in [0.05, 0.1) is 5.69 Å². The summed E-state index contributed by atoms with van der Waals surface area (Å²) in [4.78, 5) is 11.9. The Morgan fingerprint density at radius 1 is 1.32 bits per heavy atom. The standard InChI is InChI=1S/C15H19N3O/c1-11-9-14(18(2)17-11)10-15(19)8-5-12-3-6-13(16)7-4-12/h3-4,6-7,9H,5,8,10,16H2,1-2H3. The third-order valence-corrected chi connectivity index (χ3v) is 3.15. The molecule has 2 rings (SSSR count). The van der Waals surface area contributed by atoms with Gasteiger partial charge in [-0.25, -0.2) is 0 Å². The van der Waals surface area contributed by atoms with E-state index in [0.717, 1.165) is 29.1 Å². The maximum absolute atomic E-state index is 11.9. The molecule has 0 saturated heterocycles. The van der Waals surface area contributed by atoms with Crippen LogP contribution in [0.15, 0.2) is 30.3 Å². The van der Waals surface area contributed by atoms with Gasteiger partial charge >= 0.3 is 0 Å². The van der Waals surface area contributed by atoms with Crippen molar-refractivity contribution in [2.75, 3.05) is 5.73 Å². The minimum atomic E-state index is 0.236. The van der Waals surface area contributed by atoms with Crippen molar-refractivity contribution in [3.63, 3.8) is 0 Å². The Morgan fingerprint density at radius 3 is 2.58 bits per heavy atom. The van der Waals surface area contributed by atoms with Crippen molar-refractivity contribution < 1.29 is 4.79 Å². The van der Waals surface area contributed by atoms with Gasteiger partial charge in [-0.2, -0.15) is 5.10 Å². The lowest BCUT2D eigenvalue weighted by Gasteiger charge is -2.03. The average molecular weight is 257 g/mol. The van der Waals surface area contributed by atoms with Crippen molar-refractivity contribution in [1.82, 2.24) is 9.78 Å². The average Bonchev–Trinajstić information content (AvgIpc) is 2.67. The van der Waals surface area contributed by atoms with Gasteiger partial charge in [0.2, 0.25) is 0 Å². The number of nitrogens with zero attached hydrogens (tertiary/aromatic N) is 2. The molecule has 0 unspecified atom stereocenters. The van der Waals surface area contributed by atoms with Gasteiger partial charge in [0, 0.05) is 31.3 Å². The first-order valence-electron chi connectivity index (χ1n) is 6.40. The van der Waals surface area contributed by atoms with Gasteiger partial charge in [0.25, 0.3) is 0 Å². The SMILES string of the molecule is Cc1cc(CC(=O)CCc2ccc(N)cc2)n(C)n1. The van der Waals surface area contributed by atoms with Crippen molar-refractivity contribution in [3.8, 4) is 0 Å². The van der Waals surface area contributed by atoms with E-state index in [-0.39, 0.29) is 5.78 Å². The molecule has 100 valence electrons. The third-order valence-electron chi connectivity index (χ3n) is 3.15. The summed E-state index contributed by atoms with van der Waals surface area (Å²) in [5.74, 6) is 0.236. The summed E-state index contributed by atoms with van der Waals surface area (Å²) in [5.41, 5.74) is 9.44. The van der Waals surface area contributed by atoms with Crippen LogP contribution in [0.2, 0.25) is 0 Å². The first-order valence-corrected chi connectivity index (χ1v) is 6.40. The molecule has 0 spiro atoms. The number of carbonyl (C=O) groups is 1. The quantitative estimate of drug-likeness (QED) is 0.834. The molecule has 0 aliphatic heterocycles. The molecule has 0 atom stereocenters. The van der Waals surface area contributed by atoms with E-state index in [1.54, 1.807) is 4.68 Å². The molecule has 4 heteroatoms. The molecule has 0 radical (unpaired) electrons. The Bertz CT molecular complexity index is 570. The van der Waals surface area contributed by atoms with Crippen molar-refractivity contribution in [2.24, 2.45) is 7.05 Å². The van der Waals surface area contributed by atoms with Gasteiger partial charge in [0.1, 0.15) is 5.78 Å². The third kappa shape index (κ3) is 3.68. The number of hydrogen-bond donors (Lipinski definition) is 1. The first-order chi connectivity index (χ1) is 9.04. The lowest BCUT2D eigenvalue weighted by atomic mass is 10.0. The number of ketones is 1. The highest BCUT2D eigenvalue weighted by molar-refractivity contribution is 5.80. The molecular formula is C15H19N3O. The molecule has 0 saturated carbocycles. The highest BCUT2D eigenvalue weighted by Gasteiger charge is 2.08. The Kier molecular flexibility index (Phi) is 4.00. The van der Waals surface area contributed by atoms with E-state index in [0.29, 0.717) is 12.8 Å². The van der Waals surface area contributed by atoms with E-state index in [2.05, 4.69) is 5.10 Å².